The summed E-state index contributed by atoms with van der Waals surface area (Å²) in [5.41, 5.74) is 2.07. The van der Waals surface area contributed by atoms with Crippen molar-refractivity contribution in [3.63, 3.8) is 0 Å². The monoisotopic (exact) mass is 405 g/mol. The fourth-order valence-electron chi connectivity index (χ4n) is 3.91. The lowest BCUT2D eigenvalue weighted by Crippen LogP contribution is -3.27. The van der Waals surface area contributed by atoms with Crippen molar-refractivity contribution in [3.05, 3.63) is 94.2 Å². The van der Waals surface area contributed by atoms with E-state index in [4.69, 9.17) is 4.42 Å². The van der Waals surface area contributed by atoms with Crippen LogP contribution in [0.1, 0.15) is 11.3 Å². The number of hydrogen-bond donors (Lipinski definition) is 2. The van der Waals surface area contributed by atoms with E-state index in [1.165, 1.54) is 16.5 Å². The largest absolute Gasteiger partial charge is 0.455 e. The number of nitrogens with one attached hydrogen (secondary N) is 2. The molecule has 0 spiro atoms. The quantitative estimate of drug-likeness (QED) is 0.466. The molecule has 0 atom stereocenters. The van der Waals surface area contributed by atoms with Crippen LogP contribution in [-0.2, 0) is 6.54 Å². The van der Waals surface area contributed by atoms with Crippen molar-refractivity contribution in [2.24, 2.45) is 0 Å². The maximum absolute atomic E-state index is 11.0. The molecule has 0 aliphatic carbocycles. The Balaban J connectivity index is 1.27. The Morgan fingerprint density at radius 2 is 1.70 bits per heavy atom. The van der Waals surface area contributed by atoms with Crippen LogP contribution in [0.2, 0.25) is 0 Å². The summed E-state index contributed by atoms with van der Waals surface area (Å²) in [5.74, 6) is 1.61. The minimum atomic E-state index is -0.381. The smallest absolute Gasteiger partial charge is 0.270 e. The molecule has 1 aliphatic rings. The van der Waals surface area contributed by atoms with Crippen molar-refractivity contribution < 1.29 is 19.1 Å². The van der Waals surface area contributed by atoms with E-state index in [2.05, 4.69) is 36.4 Å². The molecule has 6 heteroatoms. The summed E-state index contributed by atoms with van der Waals surface area (Å²) in [4.78, 5) is 13.7. The van der Waals surface area contributed by atoms with Gasteiger partial charge in [-0.1, -0.05) is 48.5 Å². The van der Waals surface area contributed by atoms with Crippen LogP contribution in [0.5, 0.6) is 0 Å². The average molecular weight is 405 g/mol. The maximum atomic E-state index is 11.0. The Kier molecular flexibility index (Phi) is 6.37. The van der Waals surface area contributed by atoms with Gasteiger partial charge in [0.05, 0.1) is 11.5 Å². The van der Waals surface area contributed by atoms with Crippen LogP contribution in [0.15, 0.2) is 77.2 Å². The Bertz CT molecular complexity index is 1010. The maximum Gasteiger partial charge on any atom is 0.270 e. The predicted octanol–water partition coefficient (Wildman–Crippen LogP) is 1.85. The number of nitro groups is 1. The fraction of sp³-hybridized carbons (Fsp3) is 0.250. The Morgan fingerprint density at radius 1 is 0.933 bits per heavy atom. The van der Waals surface area contributed by atoms with Gasteiger partial charge in [0, 0.05) is 17.7 Å². The number of benzene rings is 2. The second kappa shape index (κ2) is 9.52. The number of rotatable bonds is 7. The van der Waals surface area contributed by atoms with Crippen LogP contribution < -0.4 is 9.80 Å². The molecule has 0 unspecified atom stereocenters. The van der Waals surface area contributed by atoms with Gasteiger partial charge >= 0.3 is 0 Å². The number of nitrogens with zero attached hydrogens (tertiary/aromatic N) is 1. The highest BCUT2D eigenvalue weighted by molar-refractivity contribution is 5.61. The molecule has 3 aromatic rings. The summed E-state index contributed by atoms with van der Waals surface area (Å²) in [6.07, 6.45) is 4.47. The standard InChI is InChI=1S/C24H25N3O3/c28-27(29)22-10-4-9-21(18-22)24-12-11-23(30-24)19-26-16-14-25(15-17-26)13-5-8-20-6-2-1-3-7-20/h1-12,18H,13-17,19H2/p+2/b8-5+. The molecule has 2 heterocycles. The minimum Gasteiger partial charge on any atom is -0.455 e. The summed E-state index contributed by atoms with van der Waals surface area (Å²) in [7, 11) is 0. The number of piperazine rings is 1. The minimum absolute atomic E-state index is 0.0801. The van der Waals surface area contributed by atoms with Gasteiger partial charge in [-0.25, -0.2) is 0 Å². The SMILES string of the molecule is O=[N+]([O-])c1cccc(-c2ccc(C[NH+]3CC[NH+](C/C=C/c4ccccc4)CC3)o2)c1. The van der Waals surface area contributed by atoms with Crippen molar-refractivity contribution in [2.45, 2.75) is 6.54 Å². The second-order valence-electron chi connectivity index (χ2n) is 7.77. The van der Waals surface area contributed by atoms with Gasteiger partial charge in [-0.2, -0.15) is 0 Å². The highest BCUT2D eigenvalue weighted by Gasteiger charge is 2.23. The topological polar surface area (TPSA) is 65.2 Å². The molecule has 1 aromatic heterocycles. The molecule has 4 rings (SSSR count). The second-order valence-corrected chi connectivity index (χ2v) is 7.77. The fourth-order valence-corrected chi connectivity index (χ4v) is 3.91. The third-order valence-corrected chi connectivity index (χ3v) is 5.61. The van der Waals surface area contributed by atoms with Crippen molar-refractivity contribution in [3.8, 4) is 11.3 Å². The van der Waals surface area contributed by atoms with Gasteiger partial charge in [0.2, 0.25) is 0 Å². The third kappa shape index (κ3) is 5.23. The van der Waals surface area contributed by atoms with Gasteiger partial charge in [-0.05, 0) is 23.8 Å². The van der Waals surface area contributed by atoms with Crippen molar-refractivity contribution >= 4 is 11.8 Å². The molecule has 2 N–H and O–H groups in total. The summed E-state index contributed by atoms with van der Waals surface area (Å²) >= 11 is 0. The van der Waals surface area contributed by atoms with Crippen LogP contribution in [0.25, 0.3) is 17.4 Å². The zero-order valence-corrected chi connectivity index (χ0v) is 16.9. The molecule has 30 heavy (non-hydrogen) atoms. The molecule has 0 bridgehead atoms. The molecule has 1 aliphatic heterocycles. The van der Waals surface area contributed by atoms with E-state index >= 15 is 0 Å². The Hall–Kier alpha value is -3.22. The van der Waals surface area contributed by atoms with Crippen LogP contribution in [0.3, 0.4) is 0 Å². The molecule has 1 saturated heterocycles. The van der Waals surface area contributed by atoms with E-state index in [1.54, 1.807) is 17.0 Å². The summed E-state index contributed by atoms with van der Waals surface area (Å²) in [5, 5.41) is 11.0. The first kappa shape index (κ1) is 20.1. The number of quaternary nitrogens is 2. The highest BCUT2D eigenvalue weighted by atomic mass is 16.6. The third-order valence-electron chi connectivity index (χ3n) is 5.61. The van der Waals surface area contributed by atoms with E-state index in [9.17, 15) is 10.1 Å². The first-order valence-corrected chi connectivity index (χ1v) is 10.4. The number of furan rings is 1. The summed E-state index contributed by atoms with van der Waals surface area (Å²) in [6.45, 7) is 6.42. The Labute approximate surface area is 176 Å². The first-order valence-electron chi connectivity index (χ1n) is 10.4. The molecule has 2 aromatic carbocycles. The van der Waals surface area contributed by atoms with E-state index in [-0.39, 0.29) is 10.6 Å². The van der Waals surface area contributed by atoms with Crippen molar-refractivity contribution in [1.29, 1.82) is 0 Å². The molecule has 0 radical (unpaired) electrons. The van der Waals surface area contributed by atoms with Gasteiger partial charge in [0.1, 0.15) is 38.5 Å². The van der Waals surface area contributed by atoms with E-state index < -0.39 is 0 Å². The first-order chi connectivity index (χ1) is 14.7. The molecular weight excluding hydrogens is 378 g/mol. The van der Waals surface area contributed by atoms with E-state index in [0.717, 1.165) is 50.6 Å². The van der Waals surface area contributed by atoms with Crippen molar-refractivity contribution in [2.75, 3.05) is 32.7 Å². The molecule has 0 saturated carbocycles. The zero-order valence-electron chi connectivity index (χ0n) is 16.9. The van der Waals surface area contributed by atoms with E-state index in [1.807, 2.05) is 24.3 Å². The number of nitro benzene ring substituents is 1. The van der Waals surface area contributed by atoms with Crippen LogP contribution in [-0.4, -0.2) is 37.6 Å². The molecular formula is C24H27N3O3+2. The lowest BCUT2D eigenvalue weighted by molar-refractivity contribution is -1.02. The summed E-state index contributed by atoms with van der Waals surface area (Å²) < 4.78 is 5.99. The number of non-ortho nitro benzene ring substituents is 1. The Morgan fingerprint density at radius 3 is 2.47 bits per heavy atom. The summed E-state index contributed by atoms with van der Waals surface area (Å²) in [6, 6.07) is 20.9. The predicted molar refractivity (Wildman–Crippen MR) is 116 cm³/mol. The molecule has 0 amide bonds. The molecule has 6 nitrogen and oxygen atoms in total. The normalized spacial score (nSPS) is 19.2. The van der Waals surface area contributed by atoms with Crippen LogP contribution >= 0.6 is 0 Å². The van der Waals surface area contributed by atoms with Gasteiger partial charge in [0.15, 0.2) is 5.76 Å². The number of hydrogen-bond acceptors (Lipinski definition) is 3. The average Bonchev–Trinajstić information content (AvgIpc) is 3.24. The van der Waals surface area contributed by atoms with Crippen LogP contribution in [0.4, 0.5) is 5.69 Å². The zero-order chi connectivity index (χ0) is 20.8. The molecule has 1 fully saturated rings. The lowest BCUT2D eigenvalue weighted by Gasteiger charge is -2.28. The van der Waals surface area contributed by atoms with Gasteiger partial charge in [0.25, 0.3) is 5.69 Å². The van der Waals surface area contributed by atoms with Crippen LogP contribution in [0, 0.1) is 10.1 Å². The van der Waals surface area contributed by atoms with Gasteiger partial charge in [-0.15, -0.1) is 0 Å². The van der Waals surface area contributed by atoms with Crippen molar-refractivity contribution in [1.82, 2.24) is 0 Å². The highest BCUT2D eigenvalue weighted by Crippen LogP contribution is 2.25. The lowest BCUT2D eigenvalue weighted by atomic mass is 10.1. The molecule has 154 valence electrons. The van der Waals surface area contributed by atoms with Gasteiger partial charge in [-0.3, -0.25) is 10.1 Å². The van der Waals surface area contributed by atoms with E-state index in [0.29, 0.717) is 5.76 Å². The van der Waals surface area contributed by atoms with Gasteiger partial charge < -0.3 is 14.2 Å².